The molecule has 0 radical (unpaired) electrons. The average molecular weight is 326 g/mol. The molecule has 0 amide bonds. The van der Waals surface area contributed by atoms with Gasteiger partial charge in [-0.25, -0.2) is 0 Å². The van der Waals surface area contributed by atoms with Crippen LogP contribution in [0.3, 0.4) is 0 Å². The van der Waals surface area contributed by atoms with Crippen LogP contribution in [0.15, 0.2) is 22.7 Å². The number of benzene rings is 1. The van der Waals surface area contributed by atoms with Crippen molar-refractivity contribution in [2.75, 3.05) is 7.11 Å². The summed E-state index contributed by atoms with van der Waals surface area (Å²) in [5, 5.41) is 0. The van der Waals surface area contributed by atoms with Gasteiger partial charge < -0.3 is 10.5 Å². The minimum absolute atomic E-state index is 0.105. The van der Waals surface area contributed by atoms with Crippen LogP contribution in [-0.4, -0.2) is 12.6 Å². The lowest BCUT2D eigenvalue weighted by atomic mass is 9.66. The first-order chi connectivity index (χ1) is 8.96. The van der Waals surface area contributed by atoms with Crippen molar-refractivity contribution in [2.24, 2.45) is 17.6 Å². The summed E-state index contributed by atoms with van der Waals surface area (Å²) in [5.41, 5.74) is 7.83. The summed E-state index contributed by atoms with van der Waals surface area (Å²) in [4.78, 5) is 0. The average Bonchev–Trinajstić information content (AvgIpc) is 2.36. The second kappa shape index (κ2) is 5.84. The van der Waals surface area contributed by atoms with Crippen LogP contribution in [0, 0.1) is 11.8 Å². The molecule has 0 heterocycles. The molecule has 1 fully saturated rings. The van der Waals surface area contributed by atoms with Crippen molar-refractivity contribution >= 4 is 15.9 Å². The molecule has 0 spiro atoms. The topological polar surface area (TPSA) is 35.2 Å². The van der Waals surface area contributed by atoms with Gasteiger partial charge in [0.25, 0.3) is 0 Å². The molecule has 1 aliphatic carbocycles. The smallest absolute Gasteiger partial charge is 0.122 e. The molecule has 1 aliphatic rings. The van der Waals surface area contributed by atoms with Crippen molar-refractivity contribution in [1.82, 2.24) is 0 Å². The Bertz CT molecular complexity index is 448. The van der Waals surface area contributed by atoms with E-state index in [0.29, 0.717) is 11.8 Å². The highest BCUT2D eigenvalue weighted by molar-refractivity contribution is 9.10. The number of methoxy groups -OCH3 is 1. The third-order valence-corrected chi connectivity index (χ3v) is 5.32. The molecule has 3 atom stereocenters. The fourth-order valence-electron chi connectivity index (χ4n) is 3.29. The largest absolute Gasteiger partial charge is 0.496 e. The Balaban J connectivity index is 2.26. The van der Waals surface area contributed by atoms with Gasteiger partial charge in [0.2, 0.25) is 0 Å². The minimum Gasteiger partial charge on any atom is -0.496 e. The van der Waals surface area contributed by atoms with E-state index in [1.165, 1.54) is 18.4 Å². The minimum atomic E-state index is -0.105. The van der Waals surface area contributed by atoms with Gasteiger partial charge in [-0.2, -0.15) is 0 Å². The van der Waals surface area contributed by atoms with Gasteiger partial charge in [-0.1, -0.05) is 42.6 Å². The van der Waals surface area contributed by atoms with E-state index in [4.69, 9.17) is 10.5 Å². The van der Waals surface area contributed by atoms with Crippen LogP contribution in [0.25, 0.3) is 0 Å². The molecular weight excluding hydrogens is 302 g/mol. The quantitative estimate of drug-likeness (QED) is 0.905. The predicted octanol–water partition coefficient (Wildman–Crippen LogP) is 4.15. The maximum absolute atomic E-state index is 6.73. The molecule has 3 heteroatoms. The molecule has 106 valence electrons. The molecule has 0 aliphatic heterocycles. The van der Waals surface area contributed by atoms with Crippen LogP contribution in [0.2, 0.25) is 0 Å². The highest BCUT2D eigenvalue weighted by atomic mass is 79.9. The van der Waals surface area contributed by atoms with E-state index in [0.717, 1.165) is 23.1 Å². The maximum Gasteiger partial charge on any atom is 0.122 e. The Labute approximate surface area is 124 Å². The Hall–Kier alpha value is -0.540. The number of hydrogen-bond donors (Lipinski definition) is 1. The van der Waals surface area contributed by atoms with E-state index in [2.05, 4.69) is 35.8 Å². The molecule has 1 aromatic carbocycles. The normalized spacial score (nSPS) is 31.2. The fourth-order valence-corrected chi connectivity index (χ4v) is 3.70. The summed E-state index contributed by atoms with van der Waals surface area (Å²) in [5.74, 6) is 2.19. The predicted molar refractivity (Wildman–Crippen MR) is 83.5 cm³/mol. The van der Waals surface area contributed by atoms with Gasteiger partial charge in [-0.05, 0) is 48.4 Å². The lowest BCUT2D eigenvalue weighted by molar-refractivity contribution is 0.142. The van der Waals surface area contributed by atoms with E-state index >= 15 is 0 Å². The van der Waals surface area contributed by atoms with Crippen molar-refractivity contribution in [3.8, 4) is 5.75 Å². The van der Waals surface area contributed by atoms with Gasteiger partial charge in [0, 0.05) is 10.0 Å². The monoisotopic (exact) mass is 325 g/mol. The third-order valence-electron chi connectivity index (χ3n) is 4.82. The number of rotatable bonds is 3. The molecule has 3 unspecified atom stereocenters. The summed E-state index contributed by atoms with van der Waals surface area (Å²) >= 11 is 3.54. The fraction of sp³-hybridized carbons (Fsp3) is 0.625. The van der Waals surface area contributed by atoms with Crippen molar-refractivity contribution in [1.29, 1.82) is 0 Å². The van der Waals surface area contributed by atoms with Crippen molar-refractivity contribution < 1.29 is 4.74 Å². The first kappa shape index (κ1) is 14.9. The van der Waals surface area contributed by atoms with E-state index in [1.54, 1.807) is 7.11 Å². The number of hydrogen-bond acceptors (Lipinski definition) is 2. The second-order valence-electron chi connectivity index (χ2n) is 6.02. The van der Waals surface area contributed by atoms with Crippen LogP contribution in [0.5, 0.6) is 5.75 Å². The number of halogens is 1. The van der Waals surface area contributed by atoms with Crippen molar-refractivity contribution in [3.05, 3.63) is 28.2 Å². The van der Waals surface area contributed by atoms with Crippen molar-refractivity contribution in [3.63, 3.8) is 0 Å². The number of nitrogens with two attached hydrogens (primary N) is 1. The zero-order valence-corrected chi connectivity index (χ0v) is 13.7. The lowest BCUT2D eigenvalue weighted by Gasteiger charge is -2.43. The molecular formula is C16H24BrNO. The molecule has 2 N–H and O–H groups in total. The standard InChI is InChI=1S/C16H24BrNO/c1-11-5-4-8-16(18,12(11)2)10-13-9-14(17)6-7-15(13)19-3/h6-7,9,11-12H,4-5,8,10,18H2,1-3H3. The molecule has 0 saturated heterocycles. The summed E-state index contributed by atoms with van der Waals surface area (Å²) in [6.45, 7) is 4.62. The Morgan fingerprint density at radius 3 is 2.84 bits per heavy atom. The Morgan fingerprint density at radius 2 is 2.16 bits per heavy atom. The maximum atomic E-state index is 6.73. The van der Waals surface area contributed by atoms with Crippen LogP contribution in [-0.2, 0) is 6.42 Å². The summed E-state index contributed by atoms with van der Waals surface area (Å²) in [6, 6.07) is 6.16. The van der Waals surface area contributed by atoms with Gasteiger partial charge in [-0.3, -0.25) is 0 Å². The summed E-state index contributed by atoms with van der Waals surface area (Å²) in [7, 11) is 1.73. The van der Waals surface area contributed by atoms with Crippen LogP contribution >= 0.6 is 15.9 Å². The third kappa shape index (κ3) is 3.14. The molecule has 2 nitrogen and oxygen atoms in total. The molecule has 0 aromatic heterocycles. The molecule has 1 saturated carbocycles. The van der Waals surface area contributed by atoms with Crippen LogP contribution in [0.1, 0.15) is 38.7 Å². The zero-order valence-electron chi connectivity index (χ0n) is 12.1. The van der Waals surface area contributed by atoms with E-state index in [-0.39, 0.29) is 5.54 Å². The van der Waals surface area contributed by atoms with Gasteiger partial charge in [-0.15, -0.1) is 0 Å². The summed E-state index contributed by atoms with van der Waals surface area (Å²) in [6.07, 6.45) is 4.53. The highest BCUT2D eigenvalue weighted by Gasteiger charge is 2.38. The Morgan fingerprint density at radius 1 is 1.42 bits per heavy atom. The number of ether oxygens (including phenoxy) is 1. The van der Waals surface area contributed by atoms with Gasteiger partial charge in [0.1, 0.15) is 5.75 Å². The zero-order chi connectivity index (χ0) is 14.0. The van der Waals surface area contributed by atoms with Gasteiger partial charge >= 0.3 is 0 Å². The first-order valence-corrected chi connectivity index (χ1v) is 7.87. The van der Waals surface area contributed by atoms with Gasteiger partial charge in [0.05, 0.1) is 7.11 Å². The van der Waals surface area contributed by atoms with Crippen molar-refractivity contribution in [2.45, 2.75) is 45.1 Å². The lowest BCUT2D eigenvalue weighted by Crippen LogP contribution is -2.52. The van der Waals surface area contributed by atoms with Gasteiger partial charge in [0.15, 0.2) is 0 Å². The van der Waals surface area contributed by atoms with E-state index in [9.17, 15) is 0 Å². The van der Waals surface area contributed by atoms with E-state index in [1.807, 2.05) is 12.1 Å². The molecule has 1 aromatic rings. The second-order valence-corrected chi connectivity index (χ2v) is 6.94. The molecule has 2 rings (SSSR count). The SMILES string of the molecule is COc1ccc(Br)cc1CC1(N)CCCC(C)C1C. The van der Waals surface area contributed by atoms with E-state index < -0.39 is 0 Å². The van der Waals surface area contributed by atoms with Crippen LogP contribution < -0.4 is 10.5 Å². The highest BCUT2D eigenvalue weighted by Crippen LogP contribution is 2.39. The first-order valence-electron chi connectivity index (χ1n) is 7.07. The Kier molecular flexibility index (Phi) is 4.57. The molecule has 19 heavy (non-hydrogen) atoms. The molecule has 0 bridgehead atoms. The van der Waals surface area contributed by atoms with Crippen LogP contribution in [0.4, 0.5) is 0 Å². The summed E-state index contributed by atoms with van der Waals surface area (Å²) < 4.78 is 6.56.